The lowest BCUT2D eigenvalue weighted by molar-refractivity contribution is -0.0834. The Morgan fingerprint density at radius 1 is 1.15 bits per heavy atom. The maximum Gasteiger partial charge on any atom is 0.335 e. The summed E-state index contributed by atoms with van der Waals surface area (Å²) in [5.74, 6) is -0.917. The number of aliphatic hydroxyl groups is 2. The predicted molar refractivity (Wildman–Crippen MR) is 105 cm³/mol. The second kappa shape index (κ2) is 11.4. The van der Waals surface area contributed by atoms with Gasteiger partial charge in [0.2, 0.25) is 0 Å². The molecule has 27 heavy (non-hydrogen) atoms. The molecule has 0 saturated carbocycles. The number of rotatable bonds is 12. The van der Waals surface area contributed by atoms with Crippen molar-refractivity contribution >= 4 is 5.97 Å². The minimum Gasteiger partial charge on any atom is -0.478 e. The highest BCUT2D eigenvalue weighted by molar-refractivity contribution is 5.87. The summed E-state index contributed by atoms with van der Waals surface area (Å²) in [6, 6.07) is 6.91. The first-order valence-electron chi connectivity index (χ1n) is 10.2. The van der Waals surface area contributed by atoms with Crippen LogP contribution >= 0.6 is 0 Å². The Morgan fingerprint density at radius 2 is 1.85 bits per heavy atom. The molecule has 6 heteroatoms. The largest absolute Gasteiger partial charge is 0.478 e. The zero-order valence-electron chi connectivity index (χ0n) is 16.4. The summed E-state index contributed by atoms with van der Waals surface area (Å²) in [5.41, 5.74) is 1.35. The minimum atomic E-state index is -0.917. The number of unbranched alkanes of at least 4 members (excludes halogenated alkanes) is 2. The van der Waals surface area contributed by atoms with Gasteiger partial charge >= 0.3 is 5.97 Å². The van der Waals surface area contributed by atoms with E-state index in [0.717, 1.165) is 57.2 Å². The molecule has 1 heterocycles. The van der Waals surface area contributed by atoms with Gasteiger partial charge in [0.05, 0.1) is 11.7 Å². The third-order valence-electron chi connectivity index (χ3n) is 5.28. The van der Waals surface area contributed by atoms with Gasteiger partial charge in [0, 0.05) is 26.1 Å². The van der Waals surface area contributed by atoms with E-state index in [2.05, 4.69) is 11.9 Å². The van der Waals surface area contributed by atoms with E-state index in [4.69, 9.17) is 5.11 Å². The van der Waals surface area contributed by atoms with Crippen molar-refractivity contribution in [3.05, 3.63) is 35.4 Å². The average molecular weight is 379 g/mol. The van der Waals surface area contributed by atoms with Crippen molar-refractivity contribution in [3.8, 4) is 0 Å². The van der Waals surface area contributed by atoms with Gasteiger partial charge in [-0.25, -0.2) is 14.8 Å². The van der Waals surface area contributed by atoms with E-state index in [1.807, 2.05) is 17.1 Å². The quantitative estimate of drug-likeness (QED) is 0.485. The molecule has 2 atom stereocenters. The van der Waals surface area contributed by atoms with Crippen molar-refractivity contribution < 1.29 is 20.1 Å². The van der Waals surface area contributed by atoms with Gasteiger partial charge in [-0.15, -0.1) is 0 Å². The van der Waals surface area contributed by atoms with Crippen molar-refractivity contribution in [1.29, 1.82) is 0 Å². The molecule has 1 aliphatic rings. The molecule has 1 saturated heterocycles. The van der Waals surface area contributed by atoms with Gasteiger partial charge in [0.25, 0.3) is 0 Å². The molecule has 3 N–H and O–H groups in total. The smallest absolute Gasteiger partial charge is 0.335 e. The van der Waals surface area contributed by atoms with Gasteiger partial charge in [-0.3, -0.25) is 0 Å². The standard InChI is InChI=1S/C21H34N2O4/c1-2-3-4-6-19(24)7-5-14-22-15-13-20(25)23(22)16-12-17-8-10-18(11-9-17)21(26)27/h8-11,19-20,24-25H,2-7,12-16H2,1H3,(H,26,27)/t19-,20?/m0/s1. The van der Waals surface area contributed by atoms with Crippen molar-refractivity contribution in [1.82, 2.24) is 10.0 Å². The molecule has 6 nitrogen and oxygen atoms in total. The van der Waals surface area contributed by atoms with Crippen LogP contribution in [0.15, 0.2) is 24.3 Å². The fourth-order valence-corrected chi connectivity index (χ4v) is 3.60. The van der Waals surface area contributed by atoms with Gasteiger partial charge in [-0.2, -0.15) is 0 Å². The molecule has 1 aromatic carbocycles. The maximum absolute atomic E-state index is 10.9. The first-order valence-corrected chi connectivity index (χ1v) is 10.2. The number of aliphatic hydroxyl groups excluding tert-OH is 2. The van der Waals surface area contributed by atoms with Crippen molar-refractivity contribution in [3.63, 3.8) is 0 Å². The molecule has 0 amide bonds. The van der Waals surface area contributed by atoms with Crippen molar-refractivity contribution in [2.24, 2.45) is 0 Å². The van der Waals surface area contributed by atoms with Crippen LogP contribution in [0.1, 0.15) is 67.8 Å². The number of nitrogens with zero attached hydrogens (tertiary/aromatic N) is 2. The summed E-state index contributed by atoms with van der Waals surface area (Å²) in [6.07, 6.45) is 6.86. The van der Waals surface area contributed by atoms with E-state index in [1.165, 1.54) is 12.8 Å². The van der Waals surface area contributed by atoms with Crippen LogP contribution in [-0.2, 0) is 6.42 Å². The molecule has 0 aliphatic carbocycles. The first kappa shape index (κ1) is 21.8. The zero-order valence-corrected chi connectivity index (χ0v) is 16.4. The number of carboxylic acid groups (broad SMARTS) is 1. The Balaban J connectivity index is 1.74. The summed E-state index contributed by atoms with van der Waals surface area (Å²) in [6.45, 7) is 4.55. The van der Waals surface area contributed by atoms with Gasteiger partial charge < -0.3 is 15.3 Å². The van der Waals surface area contributed by atoms with Crippen LogP contribution in [0.4, 0.5) is 0 Å². The van der Waals surface area contributed by atoms with Gasteiger partial charge in [0.15, 0.2) is 0 Å². The van der Waals surface area contributed by atoms with Gasteiger partial charge in [0.1, 0.15) is 6.23 Å². The molecule has 2 rings (SSSR count). The third kappa shape index (κ3) is 7.22. The molecule has 0 aromatic heterocycles. The number of carbonyl (C=O) groups is 1. The molecule has 1 aliphatic heterocycles. The van der Waals surface area contributed by atoms with Gasteiger partial charge in [-0.05, 0) is 43.4 Å². The van der Waals surface area contributed by atoms with Crippen LogP contribution in [0.3, 0.4) is 0 Å². The average Bonchev–Trinajstić information content (AvgIpc) is 3.00. The summed E-state index contributed by atoms with van der Waals surface area (Å²) in [7, 11) is 0. The summed E-state index contributed by atoms with van der Waals surface area (Å²) in [4.78, 5) is 10.9. The second-order valence-electron chi connectivity index (χ2n) is 7.43. The Morgan fingerprint density at radius 3 is 2.52 bits per heavy atom. The highest BCUT2D eigenvalue weighted by Gasteiger charge is 2.29. The Labute approximate surface area is 162 Å². The van der Waals surface area contributed by atoms with Crippen LogP contribution < -0.4 is 0 Å². The summed E-state index contributed by atoms with van der Waals surface area (Å²) in [5, 5.41) is 33.5. The SMILES string of the molecule is CCCCC[C@H](O)CCCN1CCC(O)N1CCc1ccc(C(=O)O)cc1. The van der Waals surface area contributed by atoms with Crippen LogP contribution in [-0.4, -0.2) is 63.3 Å². The lowest BCUT2D eigenvalue weighted by atomic mass is 10.1. The molecule has 1 aromatic rings. The Hall–Kier alpha value is -1.47. The number of carboxylic acids is 1. The highest BCUT2D eigenvalue weighted by atomic mass is 16.4. The van der Waals surface area contributed by atoms with E-state index in [0.29, 0.717) is 12.1 Å². The zero-order chi connectivity index (χ0) is 19.6. The normalized spacial score (nSPS) is 19.4. The van der Waals surface area contributed by atoms with Crippen LogP contribution in [0, 0.1) is 0 Å². The summed E-state index contributed by atoms with van der Waals surface area (Å²) < 4.78 is 0. The molecular formula is C21H34N2O4. The van der Waals surface area contributed by atoms with E-state index < -0.39 is 12.2 Å². The number of hydrogen-bond acceptors (Lipinski definition) is 5. The van der Waals surface area contributed by atoms with E-state index in [-0.39, 0.29) is 6.10 Å². The van der Waals surface area contributed by atoms with Crippen LogP contribution in [0.5, 0.6) is 0 Å². The molecule has 152 valence electrons. The van der Waals surface area contributed by atoms with Crippen molar-refractivity contribution in [2.45, 2.75) is 70.6 Å². The van der Waals surface area contributed by atoms with E-state index in [1.54, 1.807) is 12.1 Å². The number of hydrazine groups is 1. The van der Waals surface area contributed by atoms with Crippen LogP contribution in [0.25, 0.3) is 0 Å². The lowest BCUT2D eigenvalue weighted by Gasteiger charge is -2.30. The number of benzene rings is 1. The van der Waals surface area contributed by atoms with E-state index >= 15 is 0 Å². The fourth-order valence-electron chi connectivity index (χ4n) is 3.60. The molecule has 1 fully saturated rings. The van der Waals surface area contributed by atoms with E-state index in [9.17, 15) is 15.0 Å². The Bertz CT molecular complexity index is 564. The number of hydrogen-bond donors (Lipinski definition) is 3. The van der Waals surface area contributed by atoms with Gasteiger partial charge in [-0.1, -0.05) is 38.3 Å². The van der Waals surface area contributed by atoms with Crippen LogP contribution in [0.2, 0.25) is 0 Å². The molecular weight excluding hydrogens is 344 g/mol. The molecule has 0 spiro atoms. The second-order valence-corrected chi connectivity index (χ2v) is 7.43. The monoisotopic (exact) mass is 378 g/mol. The highest BCUT2D eigenvalue weighted by Crippen LogP contribution is 2.19. The summed E-state index contributed by atoms with van der Waals surface area (Å²) >= 11 is 0. The minimum absolute atomic E-state index is 0.217. The predicted octanol–water partition coefficient (Wildman–Crippen LogP) is 2.89. The molecule has 0 bridgehead atoms. The Kier molecular flexibility index (Phi) is 9.21. The molecule has 1 unspecified atom stereocenters. The third-order valence-corrected chi connectivity index (χ3v) is 5.28. The fraction of sp³-hybridized carbons (Fsp3) is 0.667. The topological polar surface area (TPSA) is 84.2 Å². The van der Waals surface area contributed by atoms with Crippen molar-refractivity contribution in [2.75, 3.05) is 19.6 Å². The molecule has 0 radical (unpaired) electrons. The maximum atomic E-state index is 10.9. The lowest BCUT2D eigenvalue weighted by Crippen LogP contribution is -2.43. The number of aromatic carboxylic acids is 1. The first-order chi connectivity index (χ1) is 13.0.